The number of aryl methyl sites for hydroxylation is 1. The van der Waals surface area contributed by atoms with Crippen LogP contribution in [0.4, 0.5) is 24.8 Å². The molecular weight excluding hydrogens is 333 g/mol. The molecule has 4 heterocycles. The predicted molar refractivity (Wildman–Crippen MR) is 85.2 cm³/mol. The lowest BCUT2D eigenvalue weighted by atomic mass is 10.0. The van der Waals surface area contributed by atoms with Crippen molar-refractivity contribution in [3.05, 3.63) is 35.9 Å². The maximum Gasteiger partial charge on any atom is 0.435 e. The molecule has 0 radical (unpaired) electrons. The van der Waals surface area contributed by atoms with E-state index < -0.39 is 11.9 Å². The maximum absolute atomic E-state index is 12.6. The first-order valence-electron chi connectivity index (χ1n) is 8.09. The topological polar surface area (TPSA) is 58.0 Å². The summed E-state index contributed by atoms with van der Waals surface area (Å²) in [5, 5.41) is 7.09. The lowest BCUT2D eigenvalue weighted by Crippen LogP contribution is -2.30. The van der Waals surface area contributed by atoms with Crippen molar-refractivity contribution in [3.8, 4) is 0 Å². The van der Waals surface area contributed by atoms with Crippen LogP contribution in [0, 0.1) is 18.8 Å². The Bertz CT molecular complexity index is 749. The second-order valence-electron chi connectivity index (χ2n) is 6.63. The van der Waals surface area contributed by atoms with Crippen LogP contribution in [-0.4, -0.2) is 46.3 Å². The molecule has 2 saturated heterocycles. The molecule has 9 heteroatoms. The zero-order valence-electron chi connectivity index (χ0n) is 13.6. The monoisotopic (exact) mass is 350 g/mol. The Morgan fingerprint density at radius 2 is 1.68 bits per heavy atom. The molecular formula is C16H17F3N6. The zero-order valence-corrected chi connectivity index (χ0v) is 13.6. The fourth-order valence-corrected chi connectivity index (χ4v) is 3.72. The molecule has 6 nitrogen and oxygen atoms in total. The normalized spacial score (nSPS) is 23.2. The van der Waals surface area contributed by atoms with Gasteiger partial charge in [0.25, 0.3) is 0 Å². The van der Waals surface area contributed by atoms with E-state index in [2.05, 4.69) is 25.1 Å². The Kier molecular flexibility index (Phi) is 3.73. The van der Waals surface area contributed by atoms with E-state index in [1.54, 1.807) is 12.5 Å². The highest BCUT2D eigenvalue weighted by atomic mass is 19.4. The molecule has 2 aromatic rings. The maximum atomic E-state index is 12.6. The molecule has 2 atom stereocenters. The van der Waals surface area contributed by atoms with Crippen LogP contribution >= 0.6 is 0 Å². The molecule has 132 valence electrons. The number of rotatable bonds is 2. The van der Waals surface area contributed by atoms with Gasteiger partial charge in [-0.05, 0) is 19.1 Å². The average molecular weight is 350 g/mol. The van der Waals surface area contributed by atoms with Crippen LogP contribution in [0.25, 0.3) is 0 Å². The van der Waals surface area contributed by atoms with Gasteiger partial charge in [0.1, 0.15) is 12.1 Å². The summed E-state index contributed by atoms with van der Waals surface area (Å²) in [6, 6.07) is 2.40. The van der Waals surface area contributed by atoms with Gasteiger partial charge in [-0.25, -0.2) is 9.97 Å². The van der Waals surface area contributed by atoms with E-state index in [0.29, 0.717) is 17.7 Å². The van der Waals surface area contributed by atoms with Crippen molar-refractivity contribution in [3.63, 3.8) is 0 Å². The van der Waals surface area contributed by atoms with E-state index in [4.69, 9.17) is 0 Å². The van der Waals surface area contributed by atoms with Gasteiger partial charge in [0, 0.05) is 49.8 Å². The van der Waals surface area contributed by atoms with Crippen LogP contribution in [0.2, 0.25) is 0 Å². The number of nitrogens with zero attached hydrogens (tertiary/aromatic N) is 6. The van der Waals surface area contributed by atoms with Crippen molar-refractivity contribution in [2.24, 2.45) is 11.8 Å². The molecule has 2 aromatic heterocycles. The van der Waals surface area contributed by atoms with Gasteiger partial charge >= 0.3 is 6.18 Å². The van der Waals surface area contributed by atoms with Crippen LogP contribution in [0.5, 0.6) is 0 Å². The molecule has 0 aliphatic carbocycles. The smallest absolute Gasteiger partial charge is 0.356 e. The van der Waals surface area contributed by atoms with Crippen LogP contribution in [0.15, 0.2) is 24.7 Å². The molecule has 0 aromatic carbocycles. The Labute approximate surface area is 142 Å². The lowest BCUT2D eigenvalue weighted by molar-refractivity contribution is -0.141. The third kappa shape index (κ3) is 2.98. The molecule has 2 unspecified atom stereocenters. The van der Waals surface area contributed by atoms with Gasteiger partial charge in [-0.15, -0.1) is 10.2 Å². The number of aromatic nitrogens is 4. The lowest BCUT2D eigenvalue weighted by Gasteiger charge is -2.23. The summed E-state index contributed by atoms with van der Waals surface area (Å²) in [6.07, 6.45) is -1.09. The Hall–Kier alpha value is -2.45. The zero-order chi connectivity index (χ0) is 17.6. The summed E-state index contributed by atoms with van der Waals surface area (Å²) in [7, 11) is 0. The van der Waals surface area contributed by atoms with Gasteiger partial charge in [0.2, 0.25) is 0 Å². The van der Waals surface area contributed by atoms with Crippen molar-refractivity contribution in [2.45, 2.75) is 13.1 Å². The molecule has 0 bridgehead atoms. The molecule has 2 aliphatic rings. The van der Waals surface area contributed by atoms with Gasteiger partial charge in [-0.1, -0.05) is 0 Å². The predicted octanol–water partition coefficient (Wildman–Crippen LogP) is 2.17. The molecule has 2 fully saturated rings. The summed E-state index contributed by atoms with van der Waals surface area (Å²) in [5.74, 6) is 2.36. The number of alkyl halides is 3. The first-order valence-corrected chi connectivity index (χ1v) is 8.09. The second-order valence-corrected chi connectivity index (χ2v) is 6.63. The quantitative estimate of drug-likeness (QED) is 0.827. The number of halogens is 3. The number of anilines is 2. The minimum Gasteiger partial charge on any atom is -0.356 e. The number of fused-ring (bicyclic) bond motifs is 1. The number of hydrogen-bond donors (Lipinski definition) is 0. The van der Waals surface area contributed by atoms with Gasteiger partial charge in [-0.2, -0.15) is 13.2 Å². The van der Waals surface area contributed by atoms with Crippen molar-refractivity contribution in [1.29, 1.82) is 0 Å². The fraction of sp³-hybridized carbons (Fsp3) is 0.500. The van der Waals surface area contributed by atoms with E-state index in [1.165, 1.54) is 6.07 Å². The SMILES string of the molecule is Cc1cncnc1N1CC2CN(c3ccc(C(F)(F)F)nn3)CC2C1. The molecule has 0 spiro atoms. The minimum absolute atomic E-state index is 0.443. The van der Waals surface area contributed by atoms with Gasteiger partial charge < -0.3 is 9.80 Å². The molecule has 2 aliphatic heterocycles. The van der Waals surface area contributed by atoms with Crippen molar-refractivity contribution in [1.82, 2.24) is 20.2 Å². The van der Waals surface area contributed by atoms with E-state index in [0.717, 1.165) is 43.6 Å². The highest BCUT2D eigenvalue weighted by molar-refractivity contribution is 5.48. The summed E-state index contributed by atoms with van der Waals surface area (Å²) in [5.41, 5.74) is 0.0917. The van der Waals surface area contributed by atoms with E-state index in [1.807, 2.05) is 11.8 Å². The third-order valence-electron chi connectivity index (χ3n) is 4.92. The Morgan fingerprint density at radius 1 is 1.00 bits per heavy atom. The second kappa shape index (κ2) is 5.82. The minimum atomic E-state index is -4.46. The fourth-order valence-electron chi connectivity index (χ4n) is 3.72. The molecule has 0 N–H and O–H groups in total. The summed E-state index contributed by atoms with van der Waals surface area (Å²) < 4.78 is 37.8. The van der Waals surface area contributed by atoms with Crippen LogP contribution < -0.4 is 9.80 Å². The van der Waals surface area contributed by atoms with E-state index in [-0.39, 0.29) is 0 Å². The van der Waals surface area contributed by atoms with Crippen molar-refractivity contribution >= 4 is 11.6 Å². The third-order valence-corrected chi connectivity index (χ3v) is 4.92. The van der Waals surface area contributed by atoms with E-state index >= 15 is 0 Å². The summed E-state index contributed by atoms with van der Waals surface area (Å²) in [6.45, 7) is 5.30. The van der Waals surface area contributed by atoms with E-state index in [9.17, 15) is 13.2 Å². The average Bonchev–Trinajstić information content (AvgIpc) is 3.13. The molecule has 4 rings (SSSR count). The van der Waals surface area contributed by atoms with Gasteiger partial charge in [0.15, 0.2) is 11.5 Å². The summed E-state index contributed by atoms with van der Waals surface area (Å²) >= 11 is 0. The number of hydrogen-bond acceptors (Lipinski definition) is 6. The summed E-state index contributed by atoms with van der Waals surface area (Å²) in [4.78, 5) is 12.7. The van der Waals surface area contributed by atoms with Gasteiger partial charge in [-0.3, -0.25) is 0 Å². The largest absolute Gasteiger partial charge is 0.435 e. The first kappa shape index (κ1) is 16.0. The molecule has 25 heavy (non-hydrogen) atoms. The molecule has 0 amide bonds. The standard InChI is InChI=1S/C16H17F3N6/c1-10-4-20-9-21-15(10)25-7-11-5-24(6-12(11)8-25)14-3-2-13(22-23-14)16(17,18)19/h2-4,9,11-12H,5-8H2,1H3. The van der Waals surface area contributed by atoms with Crippen molar-refractivity contribution < 1.29 is 13.2 Å². The molecule has 0 saturated carbocycles. The van der Waals surface area contributed by atoms with Crippen LogP contribution in [0.3, 0.4) is 0 Å². The van der Waals surface area contributed by atoms with Crippen LogP contribution in [-0.2, 0) is 6.18 Å². The highest BCUT2D eigenvalue weighted by Gasteiger charge is 2.41. The highest BCUT2D eigenvalue weighted by Crippen LogP contribution is 2.36. The Balaban J connectivity index is 1.44. The van der Waals surface area contributed by atoms with Gasteiger partial charge in [0.05, 0.1) is 0 Å². The van der Waals surface area contributed by atoms with Crippen LogP contribution in [0.1, 0.15) is 11.3 Å². The van der Waals surface area contributed by atoms with Crippen molar-refractivity contribution in [2.75, 3.05) is 36.0 Å². The Morgan fingerprint density at radius 3 is 2.24 bits per heavy atom. The first-order chi connectivity index (χ1) is 11.9.